The SMILES string of the molecule is CC[C@H](O)C#CC#CC[C@H]1OC(C)(C)O[C@@H]1CC1CCCCC1. The number of aliphatic hydroxyl groups excluding tert-OH is 1. The second kappa shape index (κ2) is 8.74. The minimum atomic E-state index is -0.576. The summed E-state index contributed by atoms with van der Waals surface area (Å²) < 4.78 is 12.1. The lowest BCUT2D eigenvalue weighted by atomic mass is 9.84. The molecule has 1 heterocycles. The zero-order chi connectivity index (χ0) is 16.7. The van der Waals surface area contributed by atoms with Gasteiger partial charge in [-0.2, -0.15) is 0 Å². The van der Waals surface area contributed by atoms with E-state index in [4.69, 9.17) is 9.47 Å². The predicted octanol–water partition coefficient (Wildman–Crippen LogP) is 3.64. The minimum Gasteiger partial charge on any atom is -0.380 e. The van der Waals surface area contributed by atoms with Gasteiger partial charge < -0.3 is 14.6 Å². The summed E-state index contributed by atoms with van der Waals surface area (Å²) >= 11 is 0. The normalized spacial score (nSPS) is 28.3. The van der Waals surface area contributed by atoms with E-state index < -0.39 is 11.9 Å². The van der Waals surface area contributed by atoms with Gasteiger partial charge in [-0.05, 0) is 44.4 Å². The van der Waals surface area contributed by atoms with Crippen LogP contribution in [0.15, 0.2) is 0 Å². The third-order valence-electron chi connectivity index (χ3n) is 4.66. The topological polar surface area (TPSA) is 38.7 Å². The van der Waals surface area contributed by atoms with Crippen LogP contribution in [0.25, 0.3) is 0 Å². The fourth-order valence-corrected chi connectivity index (χ4v) is 3.45. The van der Waals surface area contributed by atoms with Gasteiger partial charge in [-0.25, -0.2) is 0 Å². The quantitative estimate of drug-likeness (QED) is 0.804. The van der Waals surface area contributed by atoms with Crippen LogP contribution in [-0.4, -0.2) is 29.2 Å². The van der Waals surface area contributed by atoms with Crippen LogP contribution in [0, 0.1) is 29.6 Å². The Bertz CT molecular complexity index is 482. The smallest absolute Gasteiger partial charge is 0.163 e. The minimum absolute atomic E-state index is 0.0253. The fourth-order valence-electron chi connectivity index (χ4n) is 3.45. The van der Waals surface area contributed by atoms with E-state index in [0.717, 1.165) is 12.3 Å². The molecule has 23 heavy (non-hydrogen) atoms. The van der Waals surface area contributed by atoms with E-state index in [9.17, 15) is 5.11 Å². The first-order valence-corrected chi connectivity index (χ1v) is 9.02. The number of rotatable bonds is 4. The van der Waals surface area contributed by atoms with E-state index in [-0.39, 0.29) is 12.2 Å². The molecule has 0 aromatic rings. The molecule has 1 N–H and O–H groups in total. The van der Waals surface area contributed by atoms with Crippen molar-refractivity contribution in [3.05, 3.63) is 0 Å². The Morgan fingerprint density at radius 3 is 2.48 bits per heavy atom. The van der Waals surface area contributed by atoms with Crippen LogP contribution in [0.2, 0.25) is 0 Å². The van der Waals surface area contributed by atoms with Crippen LogP contribution in [0.1, 0.15) is 72.1 Å². The highest BCUT2D eigenvalue weighted by atomic mass is 16.7. The number of hydrogen-bond acceptors (Lipinski definition) is 3. The van der Waals surface area contributed by atoms with Gasteiger partial charge in [0.25, 0.3) is 0 Å². The van der Waals surface area contributed by atoms with E-state index >= 15 is 0 Å². The van der Waals surface area contributed by atoms with Gasteiger partial charge in [-0.15, -0.1) is 0 Å². The third-order valence-corrected chi connectivity index (χ3v) is 4.66. The molecule has 0 radical (unpaired) electrons. The van der Waals surface area contributed by atoms with Crippen molar-refractivity contribution >= 4 is 0 Å². The summed E-state index contributed by atoms with van der Waals surface area (Å²) in [6.45, 7) is 5.85. The van der Waals surface area contributed by atoms with Gasteiger partial charge in [0.2, 0.25) is 0 Å². The zero-order valence-electron chi connectivity index (χ0n) is 14.7. The summed E-state index contributed by atoms with van der Waals surface area (Å²) in [5, 5.41) is 9.38. The molecule has 2 fully saturated rings. The Morgan fingerprint density at radius 2 is 1.78 bits per heavy atom. The van der Waals surface area contributed by atoms with Gasteiger partial charge in [0.1, 0.15) is 6.10 Å². The van der Waals surface area contributed by atoms with Gasteiger partial charge in [0.15, 0.2) is 5.79 Å². The van der Waals surface area contributed by atoms with Crippen LogP contribution in [0.4, 0.5) is 0 Å². The molecule has 0 spiro atoms. The first kappa shape index (κ1) is 18.3. The summed E-state index contributed by atoms with van der Waals surface area (Å²) in [6, 6.07) is 0. The molecule has 1 aliphatic heterocycles. The molecule has 3 nitrogen and oxygen atoms in total. The molecule has 2 rings (SSSR count). The molecule has 1 aliphatic carbocycles. The molecule has 1 saturated carbocycles. The van der Waals surface area contributed by atoms with Crippen molar-refractivity contribution in [3.8, 4) is 23.7 Å². The number of aliphatic hydroxyl groups is 1. The lowest BCUT2D eigenvalue weighted by Crippen LogP contribution is -2.26. The maximum Gasteiger partial charge on any atom is 0.163 e. The van der Waals surface area contributed by atoms with Crippen molar-refractivity contribution in [2.24, 2.45) is 5.92 Å². The van der Waals surface area contributed by atoms with Crippen LogP contribution >= 0.6 is 0 Å². The molecule has 2 aliphatic rings. The van der Waals surface area contributed by atoms with Crippen molar-refractivity contribution < 1.29 is 14.6 Å². The van der Waals surface area contributed by atoms with Crippen LogP contribution in [0.5, 0.6) is 0 Å². The van der Waals surface area contributed by atoms with Gasteiger partial charge in [0, 0.05) is 6.42 Å². The van der Waals surface area contributed by atoms with E-state index in [2.05, 4.69) is 23.7 Å². The molecule has 3 atom stereocenters. The van der Waals surface area contributed by atoms with Crippen LogP contribution in [-0.2, 0) is 9.47 Å². The Kier molecular flexibility index (Phi) is 6.97. The fraction of sp³-hybridized carbons (Fsp3) is 0.800. The summed E-state index contributed by atoms with van der Waals surface area (Å²) in [6.07, 6.45) is 8.64. The highest BCUT2D eigenvalue weighted by Gasteiger charge is 2.41. The van der Waals surface area contributed by atoms with E-state index in [1.165, 1.54) is 32.1 Å². The van der Waals surface area contributed by atoms with Crippen LogP contribution < -0.4 is 0 Å². The standard InChI is InChI=1S/C20H30O3/c1-4-17(21)13-9-6-10-14-18-19(23-20(2,3)22-18)15-16-11-7-5-8-12-16/h16-19,21H,4-5,7-8,11-12,14-15H2,1-3H3/t17-,18+,19+/m0/s1. The van der Waals surface area contributed by atoms with Crippen LogP contribution in [0.3, 0.4) is 0 Å². The Morgan fingerprint density at radius 1 is 1.09 bits per heavy atom. The zero-order valence-corrected chi connectivity index (χ0v) is 14.7. The van der Waals surface area contributed by atoms with E-state index in [1.54, 1.807) is 0 Å². The highest BCUT2D eigenvalue weighted by molar-refractivity contribution is 5.27. The van der Waals surface area contributed by atoms with Gasteiger partial charge >= 0.3 is 0 Å². The lowest BCUT2D eigenvalue weighted by molar-refractivity contribution is -0.147. The number of hydrogen-bond donors (Lipinski definition) is 1. The molecular weight excluding hydrogens is 288 g/mol. The average molecular weight is 318 g/mol. The second-order valence-electron chi connectivity index (χ2n) is 7.15. The van der Waals surface area contributed by atoms with Crippen molar-refractivity contribution in [3.63, 3.8) is 0 Å². The molecule has 1 saturated heterocycles. The highest BCUT2D eigenvalue weighted by Crippen LogP contribution is 2.36. The summed E-state index contributed by atoms with van der Waals surface area (Å²) in [5.41, 5.74) is 0. The average Bonchev–Trinajstić information content (AvgIpc) is 2.81. The Hall–Kier alpha value is -1.00. The maximum atomic E-state index is 9.38. The summed E-state index contributed by atoms with van der Waals surface area (Å²) in [4.78, 5) is 0. The molecule has 0 aromatic carbocycles. The van der Waals surface area contributed by atoms with Crippen molar-refractivity contribution in [2.75, 3.05) is 0 Å². The monoisotopic (exact) mass is 318 g/mol. The largest absolute Gasteiger partial charge is 0.380 e. The van der Waals surface area contributed by atoms with E-state index in [1.807, 2.05) is 20.8 Å². The first-order valence-electron chi connectivity index (χ1n) is 9.02. The first-order chi connectivity index (χ1) is 11.0. The Balaban J connectivity index is 1.89. The molecule has 0 bridgehead atoms. The van der Waals surface area contributed by atoms with Crippen molar-refractivity contribution in [1.82, 2.24) is 0 Å². The van der Waals surface area contributed by atoms with Crippen molar-refractivity contribution in [1.29, 1.82) is 0 Å². The molecule has 0 aromatic heterocycles. The summed E-state index contributed by atoms with van der Waals surface area (Å²) in [5.74, 6) is 11.6. The predicted molar refractivity (Wildman–Crippen MR) is 91.5 cm³/mol. The van der Waals surface area contributed by atoms with Crippen molar-refractivity contribution in [2.45, 2.75) is 96.2 Å². The molecule has 0 unspecified atom stereocenters. The molecular formula is C20H30O3. The molecule has 128 valence electrons. The molecule has 0 amide bonds. The maximum absolute atomic E-state index is 9.38. The van der Waals surface area contributed by atoms with Gasteiger partial charge in [-0.1, -0.05) is 50.9 Å². The summed E-state index contributed by atoms with van der Waals surface area (Å²) in [7, 11) is 0. The third kappa shape index (κ3) is 6.19. The molecule has 3 heteroatoms. The van der Waals surface area contributed by atoms with E-state index in [0.29, 0.717) is 12.8 Å². The number of ether oxygens (including phenoxy) is 2. The second-order valence-corrected chi connectivity index (χ2v) is 7.15. The van der Waals surface area contributed by atoms with Gasteiger partial charge in [0.05, 0.1) is 12.2 Å². The van der Waals surface area contributed by atoms with Gasteiger partial charge in [-0.3, -0.25) is 0 Å². The Labute approximate surface area is 141 Å². The lowest BCUT2D eigenvalue weighted by Gasteiger charge is -2.25.